The van der Waals surface area contributed by atoms with Crippen LogP contribution in [0, 0.1) is 6.92 Å². The van der Waals surface area contributed by atoms with Crippen LogP contribution in [0.15, 0.2) is 30.3 Å². The molecule has 1 amide bonds. The summed E-state index contributed by atoms with van der Waals surface area (Å²) in [4.78, 5) is 25.1. The Hall–Kier alpha value is -2.54. The van der Waals surface area contributed by atoms with Crippen LogP contribution in [0.4, 0.5) is 0 Å². The SMILES string of the molecule is COc1ccc(C(CC(=O)O)NC(=O)c2ccc(C)s2)c(OC)c1. The van der Waals surface area contributed by atoms with Crippen molar-refractivity contribution in [2.75, 3.05) is 14.2 Å². The number of rotatable bonds is 7. The van der Waals surface area contributed by atoms with Crippen molar-refractivity contribution in [2.45, 2.75) is 19.4 Å². The maximum Gasteiger partial charge on any atom is 0.305 e. The summed E-state index contributed by atoms with van der Waals surface area (Å²) in [6, 6.07) is 7.92. The zero-order chi connectivity index (χ0) is 17.7. The molecule has 6 nitrogen and oxygen atoms in total. The second-order valence-electron chi connectivity index (χ2n) is 5.14. The summed E-state index contributed by atoms with van der Waals surface area (Å²) in [6.45, 7) is 1.91. The molecule has 1 atom stereocenters. The van der Waals surface area contributed by atoms with Gasteiger partial charge in [0.1, 0.15) is 11.5 Å². The second-order valence-corrected chi connectivity index (χ2v) is 6.43. The molecule has 0 aliphatic heterocycles. The molecule has 1 unspecified atom stereocenters. The van der Waals surface area contributed by atoms with Gasteiger partial charge in [-0.15, -0.1) is 11.3 Å². The number of aryl methyl sites for hydroxylation is 1. The van der Waals surface area contributed by atoms with Gasteiger partial charge in [-0.3, -0.25) is 9.59 Å². The van der Waals surface area contributed by atoms with E-state index in [1.54, 1.807) is 24.3 Å². The van der Waals surface area contributed by atoms with E-state index in [0.717, 1.165) is 4.88 Å². The van der Waals surface area contributed by atoms with Crippen LogP contribution in [0.2, 0.25) is 0 Å². The summed E-state index contributed by atoms with van der Waals surface area (Å²) < 4.78 is 10.5. The smallest absolute Gasteiger partial charge is 0.305 e. The molecular formula is C17H19NO5S. The van der Waals surface area contributed by atoms with E-state index in [0.29, 0.717) is 21.9 Å². The van der Waals surface area contributed by atoms with E-state index < -0.39 is 12.0 Å². The predicted octanol–water partition coefficient (Wildman–Crippen LogP) is 3.02. The van der Waals surface area contributed by atoms with E-state index in [2.05, 4.69) is 5.32 Å². The number of ether oxygens (including phenoxy) is 2. The van der Waals surface area contributed by atoms with Crippen molar-refractivity contribution >= 4 is 23.2 Å². The molecule has 1 heterocycles. The first-order chi connectivity index (χ1) is 11.4. The van der Waals surface area contributed by atoms with E-state index in [1.165, 1.54) is 25.6 Å². The molecule has 24 heavy (non-hydrogen) atoms. The molecule has 128 valence electrons. The molecule has 1 aromatic carbocycles. The number of aliphatic carboxylic acids is 1. The number of benzene rings is 1. The van der Waals surface area contributed by atoms with E-state index in [-0.39, 0.29) is 12.3 Å². The Bertz CT molecular complexity index is 740. The number of hydrogen-bond donors (Lipinski definition) is 2. The highest BCUT2D eigenvalue weighted by molar-refractivity contribution is 7.13. The van der Waals surface area contributed by atoms with Crippen molar-refractivity contribution in [2.24, 2.45) is 0 Å². The van der Waals surface area contributed by atoms with Crippen molar-refractivity contribution in [3.05, 3.63) is 45.6 Å². The molecule has 2 aromatic rings. The van der Waals surface area contributed by atoms with Crippen LogP contribution in [0.25, 0.3) is 0 Å². The maximum absolute atomic E-state index is 12.4. The Morgan fingerprint density at radius 1 is 1.21 bits per heavy atom. The van der Waals surface area contributed by atoms with E-state index in [4.69, 9.17) is 9.47 Å². The van der Waals surface area contributed by atoms with Crippen LogP contribution < -0.4 is 14.8 Å². The van der Waals surface area contributed by atoms with E-state index in [9.17, 15) is 14.7 Å². The molecule has 0 aliphatic rings. The molecule has 2 rings (SSSR count). The van der Waals surface area contributed by atoms with Crippen molar-refractivity contribution in [1.82, 2.24) is 5.32 Å². The lowest BCUT2D eigenvalue weighted by Crippen LogP contribution is -2.30. The summed E-state index contributed by atoms with van der Waals surface area (Å²) in [5.74, 6) is -0.272. The van der Waals surface area contributed by atoms with Crippen LogP contribution in [0.3, 0.4) is 0 Å². The van der Waals surface area contributed by atoms with Gasteiger partial charge < -0.3 is 19.9 Å². The summed E-state index contributed by atoms with van der Waals surface area (Å²) in [6.07, 6.45) is -0.251. The lowest BCUT2D eigenvalue weighted by molar-refractivity contribution is -0.137. The van der Waals surface area contributed by atoms with Gasteiger partial charge in [0.05, 0.1) is 31.6 Å². The van der Waals surface area contributed by atoms with Crippen LogP contribution >= 0.6 is 11.3 Å². The predicted molar refractivity (Wildman–Crippen MR) is 91.1 cm³/mol. The molecule has 0 fully saturated rings. The summed E-state index contributed by atoms with van der Waals surface area (Å²) >= 11 is 1.36. The van der Waals surface area contributed by atoms with Gasteiger partial charge in [-0.05, 0) is 31.2 Å². The molecule has 0 saturated carbocycles. The summed E-state index contributed by atoms with van der Waals surface area (Å²) in [7, 11) is 3.02. The van der Waals surface area contributed by atoms with Crippen molar-refractivity contribution in [3.8, 4) is 11.5 Å². The molecule has 2 N–H and O–H groups in total. The van der Waals surface area contributed by atoms with Gasteiger partial charge in [-0.25, -0.2) is 0 Å². The minimum Gasteiger partial charge on any atom is -0.497 e. The molecule has 0 radical (unpaired) electrons. The first kappa shape index (κ1) is 17.8. The van der Waals surface area contributed by atoms with Crippen LogP contribution in [0.5, 0.6) is 11.5 Å². The highest BCUT2D eigenvalue weighted by Gasteiger charge is 2.23. The van der Waals surface area contributed by atoms with E-state index >= 15 is 0 Å². The van der Waals surface area contributed by atoms with Gasteiger partial charge in [0, 0.05) is 16.5 Å². The minimum atomic E-state index is -1.01. The normalized spacial score (nSPS) is 11.6. The highest BCUT2D eigenvalue weighted by atomic mass is 32.1. The van der Waals surface area contributed by atoms with Gasteiger partial charge in [0.2, 0.25) is 0 Å². The zero-order valence-corrected chi connectivity index (χ0v) is 14.5. The molecule has 0 spiro atoms. The number of amides is 1. The lowest BCUT2D eigenvalue weighted by atomic mass is 10.0. The molecule has 0 bridgehead atoms. The number of carbonyl (C=O) groups excluding carboxylic acids is 1. The third-order valence-electron chi connectivity index (χ3n) is 3.46. The number of carbonyl (C=O) groups is 2. The largest absolute Gasteiger partial charge is 0.497 e. The minimum absolute atomic E-state index is 0.251. The Morgan fingerprint density at radius 2 is 1.96 bits per heavy atom. The first-order valence-electron chi connectivity index (χ1n) is 7.25. The monoisotopic (exact) mass is 349 g/mol. The average molecular weight is 349 g/mol. The van der Waals surface area contributed by atoms with Gasteiger partial charge in [0.25, 0.3) is 5.91 Å². The summed E-state index contributed by atoms with van der Waals surface area (Å²) in [5.41, 5.74) is 0.585. The second kappa shape index (κ2) is 7.83. The van der Waals surface area contributed by atoms with Crippen LogP contribution in [-0.2, 0) is 4.79 Å². The fourth-order valence-electron chi connectivity index (χ4n) is 2.31. The highest BCUT2D eigenvalue weighted by Crippen LogP contribution is 2.31. The first-order valence-corrected chi connectivity index (χ1v) is 8.07. The number of carboxylic acid groups (broad SMARTS) is 1. The van der Waals surface area contributed by atoms with Crippen molar-refractivity contribution in [3.63, 3.8) is 0 Å². The fourth-order valence-corrected chi connectivity index (χ4v) is 3.08. The van der Waals surface area contributed by atoms with Crippen molar-refractivity contribution < 1.29 is 24.2 Å². The third-order valence-corrected chi connectivity index (χ3v) is 4.46. The quantitative estimate of drug-likeness (QED) is 0.803. The molecule has 7 heteroatoms. The number of thiophene rings is 1. The lowest BCUT2D eigenvalue weighted by Gasteiger charge is -2.20. The van der Waals surface area contributed by atoms with E-state index in [1.807, 2.05) is 13.0 Å². The standard InChI is InChI=1S/C17H19NO5S/c1-10-4-7-15(24-10)17(21)18-13(9-16(19)20)12-6-5-11(22-2)8-14(12)23-3/h4-8,13H,9H2,1-3H3,(H,18,21)(H,19,20). The van der Waals surface area contributed by atoms with Crippen molar-refractivity contribution in [1.29, 1.82) is 0 Å². The topological polar surface area (TPSA) is 84.9 Å². The fraction of sp³-hybridized carbons (Fsp3) is 0.294. The van der Waals surface area contributed by atoms with Crippen LogP contribution in [0.1, 0.15) is 32.6 Å². The molecule has 0 aliphatic carbocycles. The number of carboxylic acids is 1. The average Bonchev–Trinajstić information content (AvgIpc) is 2.99. The molecule has 1 aromatic heterocycles. The number of methoxy groups -OCH3 is 2. The summed E-state index contributed by atoms with van der Waals surface area (Å²) in [5, 5.41) is 12.0. The molecule has 0 saturated heterocycles. The third kappa shape index (κ3) is 4.26. The maximum atomic E-state index is 12.4. The van der Waals surface area contributed by atoms with Gasteiger partial charge in [-0.2, -0.15) is 0 Å². The Labute approximate surface area is 144 Å². The molecular weight excluding hydrogens is 330 g/mol. The number of hydrogen-bond acceptors (Lipinski definition) is 5. The van der Waals surface area contributed by atoms with Gasteiger partial charge >= 0.3 is 5.97 Å². The van der Waals surface area contributed by atoms with Crippen LogP contribution in [-0.4, -0.2) is 31.2 Å². The zero-order valence-electron chi connectivity index (χ0n) is 13.7. The Kier molecular flexibility index (Phi) is 5.81. The Morgan fingerprint density at radius 3 is 2.50 bits per heavy atom. The number of nitrogens with one attached hydrogen (secondary N) is 1. The van der Waals surface area contributed by atoms with Gasteiger partial charge in [-0.1, -0.05) is 0 Å². The van der Waals surface area contributed by atoms with Gasteiger partial charge in [0.15, 0.2) is 0 Å². The Balaban J connectivity index is 2.31.